The van der Waals surface area contributed by atoms with Gasteiger partial charge in [0.2, 0.25) is 5.91 Å². The summed E-state index contributed by atoms with van der Waals surface area (Å²) in [6.45, 7) is 5.18. The molecule has 0 atom stereocenters. The molecular formula is C16H31N3O2. The van der Waals surface area contributed by atoms with Gasteiger partial charge in [0.25, 0.3) is 0 Å². The highest BCUT2D eigenvalue weighted by atomic mass is 16.5. The van der Waals surface area contributed by atoms with Gasteiger partial charge in [-0.3, -0.25) is 4.79 Å². The van der Waals surface area contributed by atoms with Gasteiger partial charge in [-0.25, -0.2) is 0 Å². The summed E-state index contributed by atoms with van der Waals surface area (Å²) in [5.41, 5.74) is 0. The highest BCUT2D eigenvalue weighted by Crippen LogP contribution is 2.17. The Bertz CT molecular complexity index is 323. The first-order valence-electron chi connectivity index (χ1n) is 7.80. The van der Waals surface area contributed by atoms with E-state index in [4.69, 9.17) is 4.74 Å². The summed E-state index contributed by atoms with van der Waals surface area (Å²) in [6.07, 6.45) is 5.98. The quantitative estimate of drug-likeness (QED) is 0.624. The lowest BCUT2D eigenvalue weighted by Crippen LogP contribution is -2.40. The summed E-state index contributed by atoms with van der Waals surface area (Å²) in [5.74, 6) is 0.720. The minimum Gasteiger partial charge on any atom is -0.383 e. The van der Waals surface area contributed by atoms with Gasteiger partial charge in [0.1, 0.15) is 0 Å². The summed E-state index contributed by atoms with van der Waals surface area (Å²) >= 11 is 0. The minimum absolute atomic E-state index is 0.104. The highest BCUT2D eigenvalue weighted by Gasteiger charge is 2.21. The van der Waals surface area contributed by atoms with E-state index in [2.05, 4.69) is 11.9 Å². The fraction of sp³-hybridized carbons (Fsp3) is 0.812. The van der Waals surface area contributed by atoms with Gasteiger partial charge < -0.3 is 19.4 Å². The zero-order chi connectivity index (χ0) is 15.7. The Labute approximate surface area is 129 Å². The maximum absolute atomic E-state index is 12.3. The van der Waals surface area contributed by atoms with Crippen LogP contribution in [0.3, 0.4) is 0 Å². The molecule has 1 aliphatic heterocycles. The van der Waals surface area contributed by atoms with Gasteiger partial charge in [0, 0.05) is 32.8 Å². The molecule has 1 saturated heterocycles. The van der Waals surface area contributed by atoms with Crippen LogP contribution >= 0.6 is 0 Å². The number of ether oxygens (including phenoxy) is 1. The van der Waals surface area contributed by atoms with Crippen molar-refractivity contribution < 1.29 is 9.53 Å². The molecule has 1 rings (SSSR count). The fourth-order valence-electron chi connectivity index (χ4n) is 2.52. The Balaban J connectivity index is 2.49. The predicted molar refractivity (Wildman–Crippen MR) is 86.4 cm³/mol. The first-order chi connectivity index (χ1) is 10.0. The third-order valence-electron chi connectivity index (χ3n) is 3.92. The van der Waals surface area contributed by atoms with Gasteiger partial charge in [-0.05, 0) is 53.0 Å². The van der Waals surface area contributed by atoms with E-state index in [-0.39, 0.29) is 5.91 Å². The van der Waals surface area contributed by atoms with Crippen LogP contribution in [0.25, 0.3) is 0 Å². The summed E-state index contributed by atoms with van der Waals surface area (Å²) in [6, 6.07) is 0. The van der Waals surface area contributed by atoms with E-state index >= 15 is 0 Å². The molecule has 1 aliphatic rings. The molecule has 0 aromatic rings. The van der Waals surface area contributed by atoms with Crippen molar-refractivity contribution in [1.82, 2.24) is 14.7 Å². The number of hydrogen-bond donors (Lipinski definition) is 0. The molecule has 21 heavy (non-hydrogen) atoms. The molecule has 1 heterocycles. The predicted octanol–water partition coefficient (Wildman–Crippen LogP) is 0.921. The second kappa shape index (κ2) is 9.92. The minimum atomic E-state index is 0.104. The Morgan fingerprint density at radius 3 is 2.57 bits per heavy atom. The van der Waals surface area contributed by atoms with Crippen molar-refractivity contribution in [3.05, 3.63) is 12.2 Å². The second-order valence-corrected chi connectivity index (χ2v) is 6.19. The average molecular weight is 297 g/mol. The number of likely N-dealkylation sites (N-methyl/N-ethyl adjacent to an activating group) is 1. The molecule has 1 amide bonds. The Morgan fingerprint density at radius 2 is 2.00 bits per heavy atom. The number of carbonyl (C=O) groups excluding carboxylic acids is 1. The van der Waals surface area contributed by atoms with Crippen LogP contribution in [0.15, 0.2) is 12.2 Å². The molecule has 5 heteroatoms. The SMILES string of the molecule is COCCN(CC1CCN(C)CC1)C(=O)/C=C/CN(C)C. The van der Waals surface area contributed by atoms with Crippen LogP contribution in [0.2, 0.25) is 0 Å². The van der Waals surface area contributed by atoms with Crippen LogP contribution in [0.4, 0.5) is 0 Å². The van der Waals surface area contributed by atoms with E-state index in [1.54, 1.807) is 13.2 Å². The molecule has 0 aromatic carbocycles. The van der Waals surface area contributed by atoms with Crippen LogP contribution in [0.1, 0.15) is 12.8 Å². The molecule has 0 aliphatic carbocycles. The largest absolute Gasteiger partial charge is 0.383 e. The topological polar surface area (TPSA) is 36.0 Å². The smallest absolute Gasteiger partial charge is 0.246 e. The Morgan fingerprint density at radius 1 is 1.33 bits per heavy atom. The van der Waals surface area contributed by atoms with Crippen LogP contribution in [-0.2, 0) is 9.53 Å². The summed E-state index contributed by atoms with van der Waals surface area (Å²) in [4.78, 5) is 18.7. The monoisotopic (exact) mass is 297 g/mol. The third-order valence-corrected chi connectivity index (χ3v) is 3.92. The summed E-state index contributed by atoms with van der Waals surface area (Å²) in [5, 5.41) is 0. The van der Waals surface area contributed by atoms with Crippen molar-refractivity contribution in [2.45, 2.75) is 12.8 Å². The van der Waals surface area contributed by atoms with Crippen LogP contribution in [-0.4, -0.2) is 88.2 Å². The van der Waals surface area contributed by atoms with Crippen molar-refractivity contribution in [2.24, 2.45) is 5.92 Å². The molecule has 0 radical (unpaired) electrons. The van der Waals surface area contributed by atoms with Gasteiger partial charge >= 0.3 is 0 Å². The van der Waals surface area contributed by atoms with Crippen molar-refractivity contribution in [1.29, 1.82) is 0 Å². The number of piperidine rings is 1. The van der Waals surface area contributed by atoms with Gasteiger partial charge in [0.05, 0.1) is 6.61 Å². The molecule has 0 spiro atoms. The first kappa shape index (κ1) is 18.1. The number of hydrogen-bond acceptors (Lipinski definition) is 4. The molecule has 1 fully saturated rings. The average Bonchev–Trinajstić information content (AvgIpc) is 2.45. The summed E-state index contributed by atoms with van der Waals surface area (Å²) < 4.78 is 5.14. The van der Waals surface area contributed by atoms with E-state index in [1.165, 1.54) is 12.8 Å². The molecule has 0 unspecified atom stereocenters. The second-order valence-electron chi connectivity index (χ2n) is 6.19. The molecule has 0 N–H and O–H groups in total. The van der Waals surface area contributed by atoms with Crippen molar-refractivity contribution in [2.75, 3.05) is 67.6 Å². The third kappa shape index (κ3) is 7.60. The van der Waals surface area contributed by atoms with Crippen molar-refractivity contribution >= 4 is 5.91 Å². The van der Waals surface area contributed by atoms with Gasteiger partial charge in [-0.15, -0.1) is 0 Å². The highest BCUT2D eigenvalue weighted by molar-refractivity contribution is 5.87. The van der Waals surface area contributed by atoms with Crippen LogP contribution in [0.5, 0.6) is 0 Å². The van der Waals surface area contributed by atoms with E-state index in [1.807, 2.05) is 30.0 Å². The first-order valence-corrected chi connectivity index (χ1v) is 7.80. The van der Waals surface area contributed by atoms with Crippen LogP contribution < -0.4 is 0 Å². The lowest BCUT2D eigenvalue weighted by Gasteiger charge is -2.32. The van der Waals surface area contributed by atoms with E-state index in [0.29, 0.717) is 19.1 Å². The normalized spacial score (nSPS) is 17.8. The number of likely N-dealkylation sites (tertiary alicyclic amines) is 1. The Hall–Kier alpha value is -0.910. The van der Waals surface area contributed by atoms with E-state index in [0.717, 1.165) is 26.2 Å². The number of nitrogens with zero attached hydrogens (tertiary/aromatic N) is 3. The lowest BCUT2D eigenvalue weighted by molar-refractivity contribution is -0.127. The zero-order valence-electron chi connectivity index (χ0n) is 14.0. The lowest BCUT2D eigenvalue weighted by atomic mass is 9.96. The Kier molecular flexibility index (Phi) is 8.57. The number of methoxy groups -OCH3 is 1. The van der Waals surface area contributed by atoms with Gasteiger partial charge in [-0.2, -0.15) is 0 Å². The van der Waals surface area contributed by atoms with Crippen molar-refractivity contribution in [3.8, 4) is 0 Å². The standard InChI is InChI=1S/C16H31N3O2/c1-17(2)9-5-6-16(20)19(12-13-21-4)14-15-7-10-18(3)11-8-15/h5-6,15H,7-14H2,1-4H3/b6-5+. The summed E-state index contributed by atoms with van der Waals surface area (Å²) in [7, 11) is 7.83. The molecule has 5 nitrogen and oxygen atoms in total. The molecule has 0 saturated carbocycles. The number of carbonyl (C=O) groups is 1. The van der Waals surface area contributed by atoms with E-state index < -0.39 is 0 Å². The fourth-order valence-corrected chi connectivity index (χ4v) is 2.52. The molecule has 0 bridgehead atoms. The number of amides is 1. The molecule has 0 aromatic heterocycles. The maximum Gasteiger partial charge on any atom is 0.246 e. The molecular weight excluding hydrogens is 266 g/mol. The van der Waals surface area contributed by atoms with Crippen molar-refractivity contribution in [3.63, 3.8) is 0 Å². The zero-order valence-corrected chi connectivity index (χ0v) is 14.0. The maximum atomic E-state index is 12.3. The van der Waals surface area contributed by atoms with Gasteiger partial charge in [0.15, 0.2) is 0 Å². The van der Waals surface area contributed by atoms with Gasteiger partial charge in [-0.1, -0.05) is 6.08 Å². The van der Waals surface area contributed by atoms with Crippen LogP contribution in [0, 0.1) is 5.92 Å². The number of rotatable bonds is 8. The van der Waals surface area contributed by atoms with E-state index in [9.17, 15) is 4.79 Å². The molecule has 122 valence electrons.